The molecule has 0 saturated carbocycles. The van der Waals surface area contributed by atoms with Crippen molar-refractivity contribution in [3.8, 4) is 11.5 Å². The summed E-state index contributed by atoms with van der Waals surface area (Å²) in [5, 5.41) is 17.9. The highest BCUT2D eigenvalue weighted by atomic mass is 127. The fourth-order valence-electron chi connectivity index (χ4n) is 4.28. The van der Waals surface area contributed by atoms with Gasteiger partial charge in [0.2, 0.25) is 0 Å². The summed E-state index contributed by atoms with van der Waals surface area (Å²) in [6.45, 7) is 5.05. The highest BCUT2D eigenvalue weighted by Gasteiger charge is 2.30. The third-order valence-electron chi connectivity index (χ3n) is 5.78. The summed E-state index contributed by atoms with van der Waals surface area (Å²) in [4.78, 5) is 7.10. The third kappa shape index (κ3) is 6.89. The molecule has 176 valence electrons. The Morgan fingerprint density at radius 3 is 2.75 bits per heavy atom. The SMILES string of the molecule is CCNC(=NCc1cccc(OC)c1O)NCC1CCCN(C)C1c1cccc(Cl)c1.I. The maximum Gasteiger partial charge on any atom is 0.191 e. The van der Waals surface area contributed by atoms with Crippen LogP contribution in [0.5, 0.6) is 11.5 Å². The Labute approximate surface area is 213 Å². The summed E-state index contributed by atoms with van der Waals surface area (Å²) < 4.78 is 5.20. The van der Waals surface area contributed by atoms with Crippen LogP contribution >= 0.6 is 35.6 Å². The van der Waals surface area contributed by atoms with Crippen LogP contribution in [0, 0.1) is 5.92 Å². The molecule has 32 heavy (non-hydrogen) atoms. The second kappa shape index (κ2) is 13.1. The van der Waals surface area contributed by atoms with Crippen LogP contribution in [0.2, 0.25) is 5.02 Å². The Kier molecular flexibility index (Phi) is 10.9. The lowest BCUT2D eigenvalue weighted by Gasteiger charge is -2.40. The smallest absolute Gasteiger partial charge is 0.191 e. The van der Waals surface area contributed by atoms with E-state index in [0.717, 1.165) is 42.6 Å². The monoisotopic (exact) mass is 572 g/mol. The fourth-order valence-corrected chi connectivity index (χ4v) is 4.48. The van der Waals surface area contributed by atoms with Gasteiger partial charge in [-0.05, 0) is 63.0 Å². The first-order chi connectivity index (χ1) is 15.0. The van der Waals surface area contributed by atoms with Crippen molar-refractivity contribution in [2.45, 2.75) is 32.4 Å². The van der Waals surface area contributed by atoms with Gasteiger partial charge in [-0.1, -0.05) is 35.9 Å². The molecule has 2 atom stereocenters. The van der Waals surface area contributed by atoms with Gasteiger partial charge < -0.3 is 20.5 Å². The first-order valence-electron chi connectivity index (χ1n) is 10.9. The van der Waals surface area contributed by atoms with Crippen molar-refractivity contribution >= 4 is 41.5 Å². The van der Waals surface area contributed by atoms with Crippen LogP contribution in [0.15, 0.2) is 47.5 Å². The van der Waals surface area contributed by atoms with Gasteiger partial charge in [0.15, 0.2) is 17.5 Å². The summed E-state index contributed by atoms with van der Waals surface area (Å²) in [6.07, 6.45) is 2.32. The number of nitrogens with one attached hydrogen (secondary N) is 2. The number of nitrogens with zero attached hydrogens (tertiary/aromatic N) is 2. The van der Waals surface area contributed by atoms with Gasteiger partial charge >= 0.3 is 0 Å². The summed E-state index contributed by atoms with van der Waals surface area (Å²) >= 11 is 6.27. The number of aromatic hydroxyl groups is 1. The quantitative estimate of drug-likeness (QED) is 0.252. The minimum atomic E-state index is 0. The van der Waals surface area contributed by atoms with Gasteiger partial charge in [0.1, 0.15) is 0 Å². The summed E-state index contributed by atoms with van der Waals surface area (Å²) in [5.74, 6) is 1.77. The topological polar surface area (TPSA) is 69.1 Å². The maximum atomic E-state index is 10.3. The third-order valence-corrected chi connectivity index (χ3v) is 6.02. The summed E-state index contributed by atoms with van der Waals surface area (Å²) in [6, 6.07) is 13.9. The number of hydrogen-bond acceptors (Lipinski definition) is 4. The molecular weight excluding hydrogens is 539 g/mol. The minimum Gasteiger partial charge on any atom is -0.504 e. The molecule has 1 fully saturated rings. The molecule has 2 aromatic rings. The van der Waals surface area contributed by atoms with Gasteiger partial charge in [0, 0.05) is 29.7 Å². The lowest BCUT2D eigenvalue weighted by Crippen LogP contribution is -2.45. The molecule has 0 aliphatic carbocycles. The maximum absolute atomic E-state index is 10.3. The van der Waals surface area contributed by atoms with E-state index in [1.54, 1.807) is 13.2 Å². The van der Waals surface area contributed by atoms with E-state index >= 15 is 0 Å². The van der Waals surface area contributed by atoms with Gasteiger partial charge in [0.05, 0.1) is 13.7 Å². The number of guanidine groups is 1. The molecule has 8 heteroatoms. The number of halogens is 2. The van der Waals surface area contributed by atoms with Crippen molar-refractivity contribution in [3.05, 3.63) is 58.6 Å². The van der Waals surface area contributed by atoms with Gasteiger partial charge in [0.25, 0.3) is 0 Å². The molecule has 1 saturated heterocycles. The number of ether oxygens (including phenoxy) is 1. The van der Waals surface area contributed by atoms with Crippen LogP contribution in [0.25, 0.3) is 0 Å². The van der Waals surface area contributed by atoms with Gasteiger partial charge in [-0.15, -0.1) is 24.0 Å². The Morgan fingerprint density at radius 2 is 2.03 bits per heavy atom. The van der Waals surface area contributed by atoms with Gasteiger partial charge in [-0.2, -0.15) is 0 Å². The molecule has 0 bridgehead atoms. The lowest BCUT2D eigenvalue weighted by molar-refractivity contribution is 0.122. The Morgan fingerprint density at radius 1 is 1.25 bits per heavy atom. The van der Waals surface area contributed by atoms with E-state index in [1.807, 2.05) is 31.2 Å². The van der Waals surface area contributed by atoms with Crippen LogP contribution in [-0.4, -0.2) is 49.8 Å². The van der Waals surface area contributed by atoms with Crippen LogP contribution in [0.1, 0.15) is 36.9 Å². The molecule has 0 radical (unpaired) electrons. The number of hydrogen-bond donors (Lipinski definition) is 3. The van der Waals surface area contributed by atoms with Crippen LogP contribution < -0.4 is 15.4 Å². The van der Waals surface area contributed by atoms with Crippen LogP contribution in [0.4, 0.5) is 0 Å². The normalized spacial score (nSPS) is 19.2. The van der Waals surface area contributed by atoms with Crippen molar-refractivity contribution in [3.63, 3.8) is 0 Å². The van der Waals surface area contributed by atoms with E-state index in [-0.39, 0.29) is 29.7 Å². The first-order valence-corrected chi connectivity index (χ1v) is 11.2. The van der Waals surface area contributed by atoms with Crippen molar-refractivity contribution in [1.29, 1.82) is 0 Å². The van der Waals surface area contributed by atoms with Gasteiger partial charge in [-0.25, -0.2) is 4.99 Å². The van der Waals surface area contributed by atoms with E-state index < -0.39 is 0 Å². The number of benzene rings is 2. The predicted octanol–water partition coefficient (Wildman–Crippen LogP) is 4.81. The van der Waals surface area contributed by atoms with Gasteiger partial charge in [-0.3, -0.25) is 4.90 Å². The van der Waals surface area contributed by atoms with Crippen LogP contribution in [-0.2, 0) is 6.54 Å². The number of aliphatic imine (C=N–C) groups is 1. The standard InChI is InChI=1S/C24H33ClN4O2.HI/c1-4-26-24(28-16-19-9-6-12-21(31-3)23(19)30)27-15-18-10-7-13-29(2)22(18)17-8-5-11-20(25)14-17;/h5-6,8-9,11-12,14,18,22,30H,4,7,10,13,15-16H2,1-3H3,(H2,26,27,28);1H. The second-order valence-corrected chi connectivity index (χ2v) is 8.36. The zero-order chi connectivity index (χ0) is 22.2. The first kappa shape index (κ1) is 26.5. The fraction of sp³-hybridized carbons (Fsp3) is 0.458. The van der Waals surface area contributed by atoms with Crippen LogP contribution in [0.3, 0.4) is 0 Å². The Bertz CT molecular complexity index is 896. The molecule has 2 aromatic carbocycles. The number of rotatable bonds is 7. The van der Waals surface area contributed by atoms with E-state index in [1.165, 1.54) is 12.0 Å². The molecule has 0 aromatic heterocycles. The number of phenolic OH excluding ortho intramolecular Hbond substituents is 1. The summed E-state index contributed by atoms with van der Waals surface area (Å²) in [5.41, 5.74) is 1.98. The molecule has 3 N–H and O–H groups in total. The average Bonchev–Trinajstić information content (AvgIpc) is 2.76. The molecule has 3 rings (SSSR count). The minimum absolute atomic E-state index is 0. The van der Waals surface area contributed by atoms with E-state index in [0.29, 0.717) is 24.3 Å². The largest absolute Gasteiger partial charge is 0.504 e. The average molecular weight is 573 g/mol. The zero-order valence-electron chi connectivity index (χ0n) is 19.0. The van der Waals surface area contributed by atoms with E-state index in [9.17, 15) is 5.11 Å². The molecule has 2 unspecified atom stereocenters. The highest BCUT2D eigenvalue weighted by Crippen LogP contribution is 2.35. The Hall–Kier alpha value is -1.71. The number of likely N-dealkylation sites (tertiary alicyclic amines) is 1. The molecule has 6 nitrogen and oxygen atoms in total. The number of methoxy groups -OCH3 is 1. The van der Waals surface area contributed by atoms with E-state index in [2.05, 4.69) is 39.7 Å². The molecular formula is C24H34ClIN4O2. The second-order valence-electron chi connectivity index (χ2n) is 7.93. The van der Waals surface area contributed by atoms with Crippen molar-refractivity contribution in [2.24, 2.45) is 10.9 Å². The molecule has 1 heterocycles. The number of piperidine rings is 1. The molecule has 1 aliphatic heterocycles. The molecule has 1 aliphatic rings. The summed E-state index contributed by atoms with van der Waals surface area (Å²) in [7, 11) is 3.73. The van der Waals surface area contributed by atoms with Crippen molar-refractivity contribution in [2.75, 3.05) is 33.8 Å². The number of para-hydroxylation sites is 1. The van der Waals surface area contributed by atoms with Crippen molar-refractivity contribution in [1.82, 2.24) is 15.5 Å². The number of phenols is 1. The van der Waals surface area contributed by atoms with E-state index in [4.69, 9.17) is 16.3 Å². The lowest BCUT2D eigenvalue weighted by atomic mass is 9.85. The zero-order valence-corrected chi connectivity index (χ0v) is 22.1. The molecule has 0 amide bonds. The predicted molar refractivity (Wildman–Crippen MR) is 142 cm³/mol. The Balaban J connectivity index is 0.00000363. The molecule has 0 spiro atoms. The highest BCUT2D eigenvalue weighted by molar-refractivity contribution is 14.0. The van der Waals surface area contributed by atoms with Crippen molar-refractivity contribution < 1.29 is 9.84 Å².